The maximum absolute atomic E-state index is 10.6. The smallest absolute Gasteiger partial charge is 0.325 e. The van der Waals surface area contributed by atoms with Crippen LogP contribution in [0.25, 0.3) is 11.1 Å². The summed E-state index contributed by atoms with van der Waals surface area (Å²) in [6, 6.07) is 2.74. The molecule has 2 aromatic rings. The van der Waals surface area contributed by atoms with E-state index in [9.17, 15) is 4.79 Å². The second kappa shape index (κ2) is 3.56. The van der Waals surface area contributed by atoms with Gasteiger partial charge in [-0.25, -0.2) is 0 Å². The van der Waals surface area contributed by atoms with Crippen molar-refractivity contribution in [1.82, 2.24) is 10.1 Å². The normalized spacial score (nSPS) is 12.6. The number of carbonyl (C=O) groups is 1. The van der Waals surface area contributed by atoms with Gasteiger partial charge in [-0.1, -0.05) is 5.16 Å². The molecular weight excluding hydrogens is 198 g/mol. The Balaban J connectivity index is 2.24. The zero-order valence-corrected chi connectivity index (χ0v) is 7.97. The number of aliphatic carboxylic acids is 1. The minimum atomic E-state index is -0.936. The Morgan fingerprint density at radius 1 is 1.60 bits per heavy atom. The molecule has 6 nitrogen and oxygen atoms in total. The summed E-state index contributed by atoms with van der Waals surface area (Å²) >= 11 is 0. The minimum absolute atomic E-state index is 0.387. The van der Waals surface area contributed by atoms with E-state index in [0.29, 0.717) is 11.5 Å². The average molecular weight is 207 g/mol. The van der Waals surface area contributed by atoms with Crippen molar-refractivity contribution in [3.63, 3.8) is 0 Å². The SMILES string of the molecule is CC(Nc1ccc2cnoc2n1)C(=O)O. The van der Waals surface area contributed by atoms with E-state index in [0.717, 1.165) is 5.39 Å². The number of hydrogen-bond acceptors (Lipinski definition) is 5. The number of carboxylic acid groups (broad SMARTS) is 1. The molecule has 0 aliphatic heterocycles. The number of rotatable bonds is 3. The topological polar surface area (TPSA) is 88.3 Å². The number of aromatic nitrogens is 2. The first-order chi connectivity index (χ1) is 7.16. The molecule has 0 spiro atoms. The number of fused-ring (bicyclic) bond motifs is 1. The molecule has 0 saturated heterocycles. The van der Waals surface area contributed by atoms with Crippen LogP contribution in [0.4, 0.5) is 5.82 Å². The third-order valence-electron chi connectivity index (χ3n) is 1.96. The van der Waals surface area contributed by atoms with Gasteiger partial charge in [0.1, 0.15) is 11.9 Å². The molecule has 1 unspecified atom stereocenters. The van der Waals surface area contributed by atoms with Crippen molar-refractivity contribution >= 4 is 22.9 Å². The number of nitrogens with zero attached hydrogens (tertiary/aromatic N) is 2. The number of hydrogen-bond donors (Lipinski definition) is 2. The molecule has 0 saturated carbocycles. The number of carboxylic acids is 1. The van der Waals surface area contributed by atoms with Crippen molar-refractivity contribution < 1.29 is 14.4 Å². The second-order valence-corrected chi connectivity index (χ2v) is 3.12. The summed E-state index contributed by atoms with van der Waals surface area (Å²) in [5, 5.41) is 15.8. The molecule has 2 N–H and O–H groups in total. The molecule has 0 bridgehead atoms. The highest BCUT2D eigenvalue weighted by Gasteiger charge is 2.11. The van der Waals surface area contributed by atoms with Gasteiger partial charge in [0.2, 0.25) is 0 Å². The maximum Gasteiger partial charge on any atom is 0.325 e. The molecule has 0 aromatic carbocycles. The Morgan fingerprint density at radius 2 is 2.40 bits per heavy atom. The average Bonchev–Trinajstić information content (AvgIpc) is 2.64. The molecule has 0 aliphatic rings. The Kier molecular flexibility index (Phi) is 2.24. The highest BCUT2D eigenvalue weighted by Crippen LogP contribution is 2.14. The van der Waals surface area contributed by atoms with Crippen molar-refractivity contribution in [1.29, 1.82) is 0 Å². The number of pyridine rings is 1. The molecule has 0 fully saturated rings. The molecule has 6 heteroatoms. The third kappa shape index (κ3) is 1.88. The lowest BCUT2D eigenvalue weighted by atomic mass is 10.3. The Bertz CT molecular complexity index is 494. The summed E-state index contributed by atoms with van der Waals surface area (Å²) in [5.74, 6) is -0.483. The largest absolute Gasteiger partial charge is 0.480 e. The summed E-state index contributed by atoms with van der Waals surface area (Å²) in [6.07, 6.45) is 1.55. The van der Waals surface area contributed by atoms with Crippen LogP contribution in [-0.2, 0) is 4.79 Å². The van der Waals surface area contributed by atoms with Gasteiger partial charge in [0.05, 0.1) is 11.6 Å². The van der Waals surface area contributed by atoms with Gasteiger partial charge in [-0.05, 0) is 19.1 Å². The van der Waals surface area contributed by atoms with Gasteiger partial charge in [0, 0.05) is 0 Å². The fourth-order valence-corrected chi connectivity index (χ4v) is 1.12. The number of anilines is 1. The van der Waals surface area contributed by atoms with Crippen molar-refractivity contribution in [3.8, 4) is 0 Å². The Labute approximate surface area is 84.9 Å². The van der Waals surface area contributed by atoms with Crippen LogP contribution >= 0.6 is 0 Å². The van der Waals surface area contributed by atoms with Crippen molar-refractivity contribution in [2.45, 2.75) is 13.0 Å². The second-order valence-electron chi connectivity index (χ2n) is 3.12. The molecule has 15 heavy (non-hydrogen) atoms. The molecular formula is C9H9N3O3. The van der Waals surface area contributed by atoms with E-state index in [1.807, 2.05) is 0 Å². The van der Waals surface area contributed by atoms with Gasteiger partial charge in [-0.3, -0.25) is 4.79 Å². The van der Waals surface area contributed by atoms with Gasteiger partial charge in [0.25, 0.3) is 5.71 Å². The molecule has 78 valence electrons. The zero-order valence-electron chi connectivity index (χ0n) is 7.97. The monoisotopic (exact) mass is 207 g/mol. The third-order valence-corrected chi connectivity index (χ3v) is 1.96. The predicted octanol–water partition coefficient (Wildman–Crippen LogP) is 1.11. The van der Waals surface area contributed by atoms with E-state index in [2.05, 4.69) is 15.5 Å². The summed E-state index contributed by atoms with van der Waals surface area (Å²) in [4.78, 5) is 14.6. The fraction of sp³-hybridized carbons (Fsp3) is 0.222. The van der Waals surface area contributed by atoms with Gasteiger partial charge >= 0.3 is 5.97 Å². The highest BCUT2D eigenvalue weighted by atomic mass is 16.5. The molecule has 2 heterocycles. The summed E-state index contributed by atoms with van der Waals surface area (Å²) < 4.78 is 4.85. The molecule has 0 radical (unpaired) electrons. The van der Waals surface area contributed by atoms with E-state index in [1.54, 1.807) is 18.3 Å². The molecule has 0 aliphatic carbocycles. The zero-order chi connectivity index (χ0) is 10.8. The standard InChI is InChI=1S/C9H9N3O3/c1-5(9(13)14)11-7-3-2-6-4-10-15-8(6)12-7/h2-5H,1H3,(H,11,12)(H,13,14). The molecule has 2 rings (SSSR count). The predicted molar refractivity (Wildman–Crippen MR) is 52.5 cm³/mol. The van der Waals surface area contributed by atoms with Gasteiger partial charge in [-0.2, -0.15) is 4.98 Å². The van der Waals surface area contributed by atoms with Crippen LogP contribution in [0, 0.1) is 0 Å². The van der Waals surface area contributed by atoms with Crippen molar-refractivity contribution in [2.24, 2.45) is 0 Å². The van der Waals surface area contributed by atoms with Gasteiger partial charge in [0.15, 0.2) is 0 Å². The molecule has 1 atom stereocenters. The lowest BCUT2D eigenvalue weighted by Gasteiger charge is -2.08. The van der Waals surface area contributed by atoms with Crippen LogP contribution < -0.4 is 5.32 Å². The lowest BCUT2D eigenvalue weighted by Crippen LogP contribution is -2.25. The Morgan fingerprint density at radius 3 is 3.13 bits per heavy atom. The molecule has 2 aromatic heterocycles. The van der Waals surface area contributed by atoms with Crippen LogP contribution in [0.2, 0.25) is 0 Å². The van der Waals surface area contributed by atoms with Crippen molar-refractivity contribution in [3.05, 3.63) is 18.3 Å². The summed E-state index contributed by atoms with van der Waals surface area (Å²) in [7, 11) is 0. The maximum atomic E-state index is 10.6. The summed E-state index contributed by atoms with van der Waals surface area (Å²) in [6.45, 7) is 1.54. The van der Waals surface area contributed by atoms with Crippen molar-refractivity contribution in [2.75, 3.05) is 5.32 Å². The van der Waals surface area contributed by atoms with E-state index >= 15 is 0 Å². The van der Waals surface area contributed by atoms with Gasteiger partial charge in [-0.15, -0.1) is 0 Å². The first-order valence-electron chi connectivity index (χ1n) is 4.37. The lowest BCUT2D eigenvalue weighted by molar-refractivity contribution is -0.137. The quantitative estimate of drug-likeness (QED) is 0.783. The van der Waals surface area contributed by atoms with E-state index in [-0.39, 0.29) is 0 Å². The van der Waals surface area contributed by atoms with E-state index in [4.69, 9.17) is 9.63 Å². The first-order valence-corrected chi connectivity index (χ1v) is 4.37. The van der Waals surface area contributed by atoms with Crippen LogP contribution in [-0.4, -0.2) is 27.3 Å². The van der Waals surface area contributed by atoms with Gasteiger partial charge < -0.3 is 14.9 Å². The van der Waals surface area contributed by atoms with E-state index in [1.165, 1.54) is 6.92 Å². The first kappa shape index (κ1) is 9.45. The molecule has 0 amide bonds. The fourth-order valence-electron chi connectivity index (χ4n) is 1.12. The van der Waals surface area contributed by atoms with Crippen LogP contribution in [0.1, 0.15) is 6.92 Å². The van der Waals surface area contributed by atoms with E-state index < -0.39 is 12.0 Å². The summed E-state index contributed by atoms with van der Waals surface area (Å²) in [5.41, 5.74) is 0.387. The minimum Gasteiger partial charge on any atom is -0.480 e. The number of nitrogens with one attached hydrogen (secondary N) is 1. The highest BCUT2D eigenvalue weighted by molar-refractivity contribution is 5.78. The van der Waals surface area contributed by atoms with Crippen LogP contribution in [0.3, 0.4) is 0 Å². The van der Waals surface area contributed by atoms with Crippen LogP contribution in [0.15, 0.2) is 22.9 Å². The van der Waals surface area contributed by atoms with Crippen LogP contribution in [0.5, 0.6) is 0 Å². The Hall–Kier alpha value is -2.11.